The molecule has 0 atom stereocenters. The van der Waals surface area contributed by atoms with Gasteiger partial charge in [-0.15, -0.1) is 0 Å². The highest BCUT2D eigenvalue weighted by Gasteiger charge is 2.18. The number of hydrogen-bond acceptors (Lipinski definition) is 3. The molecule has 0 unspecified atom stereocenters. The second kappa shape index (κ2) is 4.09. The molecule has 0 N–H and O–H groups in total. The summed E-state index contributed by atoms with van der Waals surface area (Å²) in [6, 6.07) is 7.44. The van der Waals surface area contributed by atoms with Crippen LogP contribution in [0.1, 0.15) is 22.8 Å². The highest BCUT2D eigenvalue weighted by molar-refractivity contribution is 6.52. The van der Waals surface area contributed by atoms with Gasteiger partial charge in [-0.1, -0.05) is 35.5 Å². The molecule has 0 aromatic heterocycles. The molecule has 0 spiro atoms. The van der Waals surface area contributed by atoms with E-state index in [4.69, 9.17) is 4.84 Å². The van der Waals surface area contributed by atoms with Gasteiger partial charge < -0.3 is 4.84 Å². The Morgan fingerprint density at radius 2 is 2.07 bits per heavy atom. The van der Waals surface area contributed by atoms with Crippen LogP contribution in [0.3, 0.4) is 0 Å². The molecule has 15 heavy (non-hydrogen) atoms. The third kappa shape index (κ3) is 1.81. The van der Waals surface area contributed by atoms with Gasteiger partial charge in [0.15, 0.2) is 5.71 Å². The van der Waals surface area contributed by atoms with Gasteiger partial charge >= 0.3 is 0 Å². The van der Waals surface area contributed by atoms with Gasteiger partial charge in [0.1, 0.15) is 6.61 Å². The van der Waals surface area contributed by atoms with Crippen molar-refractivity contribution in [1.29, 1.82) is 0 Å². The summed E-state index contributed by atoms with van der Waals surface area (Å²) in [6.45, 7) is 2.29. The molecule has 0 bridgehead atoms. The zero-order chi connectivity index (χ0) is 10.7. The Balaban J connectivity index is 2.37. The molecular formula is C12H11NO2. The van der Waals surface area contributed by atoms with Crippen molar-refractivity contribution in [3.8, 4) is 0 Å². The average molecular weight is 201 g/mol. The minimum absolute atomic E-state index is 0.0819. The number of carbonyl (C=O) groups is 1. The number of fused-ring (bicyclic) bond motifs is 1. The van der Waals surface area contributed by atoms with Crippen molar-refractivity contribution in [2.45, 2.75) is 6.92 Å². The van der Waals surface area contributed by atoms with Crippen LogP contribution in [0.4, 0.5) is 0 Å². The lowest BCUT2D eigenvalue weighted by atomic mass is 9.95. The van der Waals surface area contributed by atoms with E-state index in [0.29, 0.717) is 17.9 Å². The molecule has 2 rings (SSSR count). The van der Waals surface area contributed by atoms with Crippen molar-refractivity contribution < 1.29 is 9.63 Å². The van der Waals surface area contributed by atoms with Crippen LogP contribution < -0.4 is 0 Å². The van der Waals surface area contributed by atoms with Gasteiger partial charge in [0.05, 0.1) is 0 Å². The number of allylic oxidation sites excluding steroid dienone is 1. The van der Waals surface area contributed by atoms with Gasteiger partial charge in [-0.05, 0) is 18.6 Å². The largest absolute Gasteiger partial charge is 0.396 e. The second-order valence-corrected chi connectivity index (χ2v) is 3.14. The summed E-state index contributed by atoms with van der Waals surface area (Å²) in [7, 11) is 0. The van der Waals surface area contributed by atoms with Crippen molar-refractivity contribution >= 4 is 17.6 Å². The summed E-state index contributed by atoms with van der Waals surface area (Å²) < 4.78 is 0. The molecule has 0 amide bonds. The van der Waals surface area contributed by atoms with E-state index in [1.165, 1.54) is 0 Å². The van der Waals surface area contributed by atoms with E-state index in [1.807, 2.05) is 31.2 Å². The number of oxime groups is 1. The predicted molar refractivity (Wildman–Crippen MR) is 58.9 cm³/mol. The topological polar surface area (TPSA) is 38.7 Å². The smallest absolute Gasteiger partial charge is 0.215 e. The van der Waals surface area contributed by atoms with E-state index in [1.54, 1.807) is 12.1 Å². The highest BCUT2D eigenvalue weighted by Crippen LogP contribution is 2.17. The van der Waals surface area contributed by atoms with Crippen LogP contribution in [0.2, 0.25) is 0 Å². The third-order valence-electron chi connectivity index (χ3n) is 2.15. The Hall–Kier alpha value is -1.90. The number of rotatable bonds is 2. The van der Waals surface area contributed by atoms with Crippen molar-refractivity contribution in [3.63, 3.8) is 0 Å². The molecule has 0 heterocycles. The summed E-state index contributed by atoms with van der Waals surface area (Å²) in [5.41, 5.74) is 1.96. The Kier molecular flexibility index (Phi) is 2.63. The maximum atomic E-state index is 11.9. The van der Waals surface area contributed by atoms with E-state index >= 15 is 0 Å². The van der Waals surface area contributed by atoms with Crippen molar-refractivity contribution in [1.82, 2.24) is 0 Å². The lowest BCUT2D eigenvalue weighted by Crippen LogP contribution is -2.17. The Morgan fingerprint density at radius 3 is 2.87 bits per heavy atom. The zero-order valence-electron chi connectivity index (χ0n) is 8.43. The molecule has 0 saturated carbocycles. The molecule has 1 aliphatic rings. The number of ketones is 1. The number of carbonyl (C=O) groups excluding carboxylic acids is 1. The van der Waals surface area contributed by atoms with Gasteiger partial charge in [-0.3, -0.25) is 4.79 Å². The number of benzene rings is 1. The summed E-state index contributed by atoms with van der Waals surface area (Å²) in [5, 5.41) is 3.76. The van der Waals surface area contributed by atoms with Crippen molar-refractivity contribution in [2.24, 2.45) is 5.16 Å². The summed E-state index contributed by atoms with van der Waals surface area (Å²) in [5.74, 6) is -0.0819. The predicted octanol–water partition coefficient (Wildman–Crippen LogP) is 2.29. The van der Waals surface area contributed by atoms with Gasteiger partial charge in [-0.2, -0.15) is 0 Å². The lowest BCUT2D eigenvalue weighted by Gasteiger charge is -2.09. The normalized spacial score (nSPS) is 16.6. The molecule has 1 aromatic rings. The van der Waals surface area contributed by atoms with E-state index in [2.05, 4.69) is 5.16 Å². The molecule has 76 valence electrons. The van der Waals surface area contributed by atoms with Gasteiger partial charge in [0.25, 0.3) is 0 Å². The quantitative estimate of drug-likeness (QED) is 0.688. The van der Waals surface area contributed by atoms with E-state index in [0.717, 1.165) is 5.56 Å². The monoisotopic (exact) mass is 201 g/mol. The summed E-state index contributed by atoms with van der Waals surface area (Å²) in [6.07, 6.45) is 3.55. The molecule has 3 nitrogen and oxygen atoms in total. The van der Waals surface area contributed by atoms with Crippen LogP contribution in [0.15, 0.2) is 35.5 Å². The number of nitrogens with zero attached hydrogens (tertiary/aromatic N) is 1. The lowest BCUT2D eigenvalue weighted by molar-refractivity contribution is 0.105. The molecule has 0 aliphatic heterocycles. The highest BCUT2D eigenvalue weighted by atomic mass is 16.6. The van der Waals surface area contributed by atoms with Crippen LogP contribution in [0.25, 0.3) is 6.08 Å². The fraction of sp³-hybridized carbons (Fsp3) is 0.167. The summed E-state index contributed by atoms with van der Waals surface area (Å²) >= 11 is 0. The minimum atomic E-state index is -0.0819. The minimum Gasteiger partial charge on any atom is -0.396 e. The van der Waals surface area contributed by atoms with Crippen LogP contribution in [0, 0.1) is 0 Å². The third-order valence-corrected chi connectivity index (χ3v) is 2.15. The van der Waals surface area contributed by atoms with Crippen LogP contribution in [-0.2, 0) is 4.84 Å². The molecule has 1 aliphatic carbocycles. The van der Waals surface area contributed by atoms with Gasteiger partial charge in [0, 0.05) is 5.56 Å². The fourth-order valence-electron chi connectivity index (χ4n) is 1.44. The zero-order valence-corrected chi connectivity index (χ0v) is 8.43. The SMILES string of the molecule is CCO/N=C1/C=Cc2ccccc2C1=O. The van der Waals surface area contributed by atoms with Crippen LogP contribution in [0.5, 0.6) is 0 Å². The Bertz CT molecular complexity index is 447. The molecular weight excluding hydrogens is 190 g/mol. The maximum Gasteiger partial charge on any atom is 0.215 e. The standard InChI is InChI=1S/C12H11NO2/c1-2-15-13-11-8-7-9-5-3-4-6-10(9)12(11)14/h3-8H,2H2,1H3/b13-11-. The molecule has 3 heteroatoms. The van der Waals surface area contributed by atoms with Crippen molar-refractivity contribution in [2.75, 3.05) is 6.61 Å². The van der Waals surface area contributed by atoms with E-state index in [-0.39, 0.29) is 5.78 Å². The van der Waals surface area contributed by atoms with E-state index in [9.17, 15) is 4.79 Å². The Labute approximate surface area is 88.1 Å². The average Bonchev–Trinajstić information content (AvgIpc) is 2.29. The fourth-order valence-corrected chi connectivity index (χ4v) is 1.44. The van der Waals surface area contributed by atoms with Crippen molar-refractivity contribution in [3.05, 3.63) is 41.5 Å². The number of hydrogen-bond donors (Lipinski definition) is 0. The van der Waals surface area contributed by atoms with Gasteiger partial charge in [-0.25, -0.2) is 0 Å². The first kappa shape index (κ1) is 9.65. The second-order valence-electron chi connectivity index (χ2n) is 3.14. The maximum absolute atomic E-state index is 11.9. The first-order valence-corrected chi connectivity index (χ1v) is 4.84. The van der Waals surface area contributed by atoms with Crippen LogP contribution >= 0.6 is 0 Å². The Morgan fingerprint density at radius 1 is 1.27 bits per heavy atom. The van der Waals surface area contributed by atoms with E-state index < -0.39 is 0 Å². The summed E-state index contributed by atoms with van der Waals surface area (Å²) in [4.78, 5) is 16.7. The molecule has 0 fully saturated rings. The molecule has 0 radical (unpaired) electrons. The molecule has 1 aromatic carbocycles. The molecule has 0 saturated heterocycles. The van der Waals surface area contributed by atoms with Crippen LogP contribution in [-0.4, -0.2) is 18.1 Å². The first-order chi connectivity index (χ1) is 7.33. The first-order valence-electron chi connectivity index (χ1n) is 4.84. The number of Topliss-reactive ketones (excluding diaryl/α,β-unsaturated/α-hetero) is 1. The van der Waals surface area contributed by atoms with Gasteiger partial charge in [0.2, 0.25) is 5.78 Å².